The highest BCUT2D eigenvalue weighted by molar-refractivity contribution is 5.92. The van der Waals surface area contributed by atoms with Crippen molar-refractivity contribution in [3.8, 4) is 0 Å². The summed E-state index contributed by atoms with van der Waals surface area (Å²) in [6, 6.07) is 6.00. The molecule has 1 saturated carbocycles. The third-order valence-electron chi connectivity index (χ3n) is 3.79. The number of hydrogen-bond acceptors (Lipinski definition) is 3. The predicted molar refractivity (Wildman–Crippen MR) is 78.0 cm³/mol. The van der Waals surface area contributed by atoms with Crippen LogP contribution in [0.4, 0.5) is 10.1 Å². The summed E-state index contributed by atoms with van der Waals surface area (Å²) in [6.45, 7) is 0.169. The van der Waals surface area contributed by atoms with Crippen molar-refractivity contribution in [2.75, 3.05) is 11.9 Å². The summed E-state index contributed by atoms with van der Waals surface area (Å²) in [5.74, 6) is -0.871. The Morgan fingerprint density at radius 1 is 1.24 bits per heavy atom. The molecule has 1 aliphatic rings. The summed E-state index contributed by atoms with van der Waals surface area (Å²) >= 11 is 0. The van der Waals surface area contributed by atoms with Crippen molar-refractivity contribution in [2.24, 2.45) is 11.7 Å². The van der Waals surface area contributed by atoms with Crippen LogP contribution in [0.5, 0.6) is 0 Å². The Bertz CT molecular complexity index is 513. The average Bonchev–Trinajstić information content (AvgIpc) is 2.45. The number of carbonyl (C=O) groups is 2. The van der Waals surface area contributed by atoms with Gasteiger partial charge in [-0.15, -0.1) is 0 Å². The summed E-state index contributed by atoms with van der Waals surface area (Å²) in [7, 11) is 0. The molecule has 0 bridgehead atoms. The van der Waals surface area contributed by atoms with E-state index in [-0.39, 0.29) is 36.1 Å². The Morgan fingerprint density at radius 3 is 2.57 bits per heavy atom. The molecule has 4 N–H and O–H groups in total. The minimum atomic E-state index is -0.384. The second kappa shape index (κ2) is 7.17. The Hall–Kier alpha value is -1.95. The number of carbonyl (C=O) groups excluding carboxylic acids is 2. The number of hydrogen-bond donors (Lipinski definition) is 3. The average molecular weight is 293 g/mol. The lowest BCUT2D eigenvalue weighted by molar-refractivity contribution is -0.123. The number of nitrogens with one attached hydrogen (secondary N) is 2. The summed E-state index contributed by atoms with van der Waals surface area (Å²) < 4.78 is 13.0. The number of nitrogens with two attached hydrogens (primary N) is 1. The molecule has 1 aromatic carbocycles. The number of primary amides is 1. The molecule has 1 aliphatic carbocycles. The maximum atomic E-state index is 13.0. The lowest BCUT2D eigenvalue weighted by Crippen LogP contribution is -2.40. The SMILES string of the molecule is NC(=O)C1CCC(NCC(=O)Nc2cccc(F)c2)CC1. The molecule has 0 saturated heterocycles. The van der Waals surface area contributed by atoms with Crippen LogP contribution in [-0.2, 0) is 9.59 Å². The van der Waals surface area contributed by atoms with Gasteiger partial charge in [0, 0.05) is 17.6 Å². The normalized spacial score (nSPS) is 21.8. The first-order chi connectivity index (χ1) is 10.0. The van der Waals surface area contributed by atoms with Crippen molar-refractivity contribution in [1.82, 2.24) is 5.32 Å². The molecule has 21 heavy (non-hydrogen) atoms. The molecule has 1 aromatic rings. The first kappa shape index (κ1) is 15.4. The number of amides is 2. The van der Waals surface area contributed by atoms with Crippen LogP contribution in [0, 0.1) is 11.7 Å². The topological polar surface area (TPSA) is 84.2 Å². The van der Waals surface area contributed by atoms with Gasteiger partial charge in [0.05, 0.1) is 6.54 Å². The van der Waals surface area contributed by atoms with E-state index in [1.165, 1.54) is 12.1 Å². The summed E-state index contributed by atoms with van der Waals surface area (Å²) in [5.41, 5.74) is 5.72. The van der Waals surface area contributed by atoms with Gasteiger partial charge in [-0.3, -0.25) is 9.59 Å². The highest BCUT2D eigenvalue weighted by Crippen LogP contribution is 2.23. The van der Waals surface area contributed by atoms with E-state index in [1.807, 2.05) is 0 Å². The quantitative estimate of drug-likeness (QED) is 0.767. The molecule has 114 valence electrons. The maximum absolute atomic E-state index is 13.0. The molecule has 0 spiro atoms. The molecule has 1 fully saturated rings. The fraction of sp³-hybridized carbons (Fsp3) is 0.467. The van der Waals surface area contributed by atoms with Crippen LogP contribution < -0.4 is 16.4 Å². The predicted octanol–water partition coefficient (Wildman–Crippen LogP) is 1.40. The van der Waals surface area contributed by atoms with Crippen LogP contribution in [0.15, 0.2) is 24.3 Å². The van der Waals surface area contributed by atoms with Gasteiger partial charge in [-0.05, 0) is 43.9 Å². The second-order valence-electron chi connectivity index (χ2n) is 5.39. The maximum Gasteiger partial charge on any atom is 0.238 e. The zero-order chi connectivity index (χ0) is 15.2. The van der Waals surface area contributed by atoms with Crippen molar-refractivity contribution >= 4 is 17.5 Å². The van der Waals surface area contributed by atoms with E-state index in [0.29, 0.717) is 5.69 Å². The summed E-state index contributed by atoms with van der Waals surface area (Å²) in [6.07, 6.45) is 3.19. The van der Waals surface area contributed by atoms with Crippen molar-refractivity contribution in [3.63, 3.8) is 0 Å². The van der Waals surface area contributed by atoms with Gasteiger partial charge in [0.15, 0.2) is 0 Å². The van der Waals surface area contributed by atoms with E-state index in [1.54, 1.807) is 12.1 Å². The lowest BCUT2D eigenvalue weighted by atomic mass is 9.85. The molecular formula is C15H20FN3O2. The Labute approximate surface area is 123 Å². The molecule has 0 unspecified atom stereocenters. The first-order valence-electron chi connectivity index (χ1n) is 7.12. The monoisotopic (exact) mass is 293 g/mol. The Morgan fingerprint density at radius 2 is 1.95 bits per heavy atom. The molecule has 0 aromatic heterocycles. The van der Waals surface area contributed by atoms with Crippen molar-refractivity contribution in [2.45, 2.75) is 31.7 Å². The molecule has 2 rings (SSSR count). The van der Waals surface area contributed by atoms with Gasteiger partial charge in [-0.25, -0.2) is 4.39 Å². The van der Waals surface area contributed by atoms with Crippen LogP contribution in [0.1, 0.15) is 25.7 Å². The van der Waals surface area contributed by atoms with Crippen LogP contribution in [0.2, 0.25) is 0 Å². The highest BCUT2D eigenvalue weighted by atomic mass is 19.1. The molecule has 6 heteroatoms. The van der Waals surface area contributed by atoms with Crippen molar-refractivity contribution < 1.29 is 14.0 Å². The molecule has 5 nitrogen and oxygen atoms in total. The number of rotatable bonds is 5. The molecule has 0 heterocycles. The molecule has 2 amide bonds. The van der Waals surface area contributed by atoms with E-state index >= 15 is 0 Å². The fourth-order valence-electron chi connectivity index (χ4n) is 2.59. The zero-order valence-corrected chi connectivity index (χ0v) is 11.8. The van der Waals surface area contributed by atoms with Gasteiger partial charge >= 0.3 is 0 Å². The third-order valence-corrected chi connectivity index (χ3v) is 3.79. The van der Waals surface area contributed by atoms with E-state index in [0.717, 1.165) is 25.7 Å². The van der Waals surface area contributed by atoms with Crippen molar-refractivity contribution in [1.29, 1.82) is 0 Å². The Kier molecular flexibility index (Phi) is 5.27. The van der Waals surface area contributed by atoms with Crippen LogP contribution in [0.3, 0.4) is 0 Å². The molecule has 0 radical (unpaired) electrons. The van der Waals surface area contributed by atoms with E-state index in [2.05, 4.69) is 10.6 Å². The zero-order valence-electron chi connectivity index (χ0n) is 11.8. The molecule has 0 atom stereocenters. The molecule has 0 aliphatic heterocycles. The van der Waals surface area contributed by atoms with Crippen LogP contribution in [-0.4, -0.2) is 24.4 Å². The minimum absolute atomic E-state index is 0.0378. The fourth-order valence-corrected chi connectivity index (χ4v) is 2.59. The standard InChI is InChI=1S/C15H20FN3O2/c16-11-2-1-3-13(8-11)19-14(20)9-18-12-6-4-10(5-7-12)15(17)21/h1-3,8,10,12,18H,4-7,9H2,(H2,17,21)(H,19,20). The van der Waals surface area contributed by atoms with Crippen molar-refractivity contribution in [3.05, 3.63) is 30.1 Å². The lowest BCUT2D eigenvalue weighted by Gasteiger charge is -2.27. The highest BCUT2D eigenvalue weighted by Gasteiger charge is 2.24. The number of anilines is 1. The Balaban J connectivity index is 1.71. The minimum Gasteiger partial charge on any atom is -0.369 e. The van der Waals surface area contributed by atoms with Gasteiger partial charge < -0.3 is 16.4 Å². The number of halogens is 1. The third kappa shape index (κ3) is 4.82. The van der Waals surface area contributed by atoms with Gasteiger partial charge in [-0.1, -0.05) is 6.07 Å². The molecular weight excluding hydrogens is 273 g/mol. The summed E-state index contributed by atoms with van der Waals surface area (Å²) in [4.78, 5) is 22.8. The van der Waals surface area contributed by atoms with E-state index in [9.17, 15) is 14.0 Å². The number of benzene rings is 1. The van der Waals surface area contributed by atoms with Crippen LogP contribution >= 0.6 is 0 Å². The van der Waals surface area contributed by atoms with E-state index < -0.39 is 0 Å². The first-order valence-corrected chi connectivity index (χ1v) is 7.12. The van der Waals surface area contributed by atoms with Gasteiger partial charge in [0.2, 0.25) is 11.8 Å². The van der Waals surface area contributed by atoms with Gasteiger partial charge in [0.25, 0.3) is 0 Å². The largest absolute Gasteiger partial charge is 0.369 e. The van der Waals surface area contributed by atoms with E-state index in [4.69, 9.17) is 5.73 Å². The van der Waals surface area contributed by atoms with Crippen LogP contribution in [0.25, 0.3) is 0 Å². The second-order valence-corrected chi connectivity index (χ2v) is 5.39. The summed E-state index contributed by atoms with van der Waals surface area (Å²) in [5, 5.41) is 5.79. The smallest absolute Gasteiger partial charge is 0.238 e. The van der Waals surface area contributed by atoms with Gasteiger partial charge in [0.1, 0.15) is 5.82 Å². The van der Waals surface area contributed by atoms with Gasteiger partial charge in [-0.2, -0.15) is 0 Å².